The molecule has 0 saturated heterocycles. The Morgan fingerprint density at radius 2 is 1.69 bits per heavy atom. The van der Waals surface area contributed by atoms with Gasteiger partial charge in [0.05, 0.1) is 22.5 Å². The minimum atomic E-state index is -0.297. The van der Waals surface area contributed by atoms with Crippen molar-refractivity contribution in [2.24, 2.45) is 0 Å². The fraction of sp³-hybridized carbons (Fsp3) is 0.167. The minimum Gasteiger partial charge on any atom is -0.344 e. The highest BCUT2D eigenvalue weighted by atomic mass is 35.5. The third-order valence-electron chi connectivity index (χ3n) is 5.10. The number of fused-ring (bicyclic) bond motifs is 1. The molecule has 2 aromatic heterocycles. The Hall–Kier alpha value is -3.29. The summed E-state index contributed by atoms with van der Waals surface area (Å²) >= 11 is 7.21. The van der Waals surface area contributed by atoms with Gasteiger partial charge in [0.25, 0.3) is 11.8 Å². The van der Waals surface area contributed by atoms with Gasteiger partial charge in [-0.2, -0.15) is 0 Å². The third-order valence-corrected chi connectivity index (χ3v) is 6.41. The third kappa shape index (κ3) is 4.09. The average Bonchev–Trinajstić information content (AvgIpc) is 3.12. The van der Waals surface area contributed by atoms with Crippen molar-refractivity contribution in [2.45, 2.75) is 13.8 Å². The maximum Gasteiger partial charge on any atom is 0.265 e. The molecule has 0 unspecified atom stereocenters. The van der Waals surface area contributed by atoms with Gasteiger partial charge in [0.2, 0.25) is 0 Å². The van der Waals surface area contributed by atoms with Crippen LogP contribution in [-0.2, 0) is 0 Å². The van der Waals surface area contributed by atoms with Crippen molar-refractivity contribution in [2.75, 3.05) is 19.4 Å². The molecule has 8 heteroatoms. The molecular formula is C24H21ClN4O2S. The number of thiazole rings is 1. The van der Waals surface area contributed by atoms with Crippen LogP contribution in [0.25, 0.3) is 22.2 Å². The lowest BCUT2D eigenvalue weighted by atomic mass is 9.97. The van der Waals surface area contributed by atoms with E-state index in [9.17, 15) is 9.59 Å². The molecule has 0 fully saturated rings. The molecular weight excluding hydrogens is 444 g/mol. The van der Waals surface area contributed by atoms with Crippen LogP contribution in [0.4, 0.5) is 5.13 Å². The molecule has 1 N–H and O–H groups in total. The van der Waals surface area contributed by atoms with Gasteiger partial charge in [-0.25, -0.2) is 9.97 Å². The van der Waals surface area contributed by atoms with Crippen LogP contribution in [0.15, 0.2) is 48.5 Å². The summed E-state index contributed by atoms with van der Waals surface area (Å²) < 4.78 is 0. The predicted molar refractivity (Wildman–Crippen MR) is 130 cm³/mol. The number of carbonyl (C=O) groups excluding carboxylic acids is 2. The van der Waals surface area contributed by atoms with E-state index in [0.29, 0.717) is 37.5 Å². The molecule has 162 valence electrons. The van der Waals surface area contributed by atoms with Crippen LogP contribution in [-0.4, -0.2) is 40.8 Å². The molecule has 4 aromatic rings. The number of nitrogens with one attached hydrogen (secondary N) is 1. The molecule has 2 aromatic carbocycles. The maximum absolute atomic E-state index is 13.4. The van der Waals surface area contributed by atoms with Crippen molar-refractivity contribution in [1.82, 2.24) is 14.9 Å². The van der Waals surface area contributed by atoms with E-state index in [1.807, 2.05) is 43.3 Å². The van der Waals surface area contributed by atoms with E-state index in [-0.39, 0.29) is 11.8 Å². The van der Waals surface area contributed by atoms with E-state index in [1.54, 1.807) is 33.2 Å². The van der Waals surface area contributed by atoms with E-state index >= 15 is 0 Å². The normalized spacial score (nSPS) is 10.9. The number of halogens is 1. The highest BCUT2D eigenvalue weighted by Gasteiger charge is 2.22. The van der Waals surface area contributed by atoms with Crippen LogP contribution >= 0.6 is 22.9 Å². The number of carbonyl (C=O) groups is 2. The van der Waals surface area contributed by atoms with Gasteiger partial charge in [-0.15, -0.1) is 0 Å². The Bertz CT molecular complexity index is 1350. The van der Waals surface area contributed by atoms with Crippen molar-refractivity contribution in [3.05, 3.63) is 75.3 Å². The number of hydrogen-bond donors (Lipinski definition) is 1. The monoisotopic (exact) mass is 464 g/mol. The Kier molecular flexibility index (Phi) is 5.95. The van der Waals surface area contributed by atoms with Crippen molar-refractivity contribution in [1.29, 1.82) is 0 Å². The largest absolute Gasteiger partial charge is 0.344 e. The number of aromatic nitrogens is 2. The van der Waals surface area contributed by atoms with Crippen molar-refractivity contribution >= 4 is 50.8 Å². The van der Waals surface area contributed by atoms with Crippen LogP contribution in [0.3, 0.4) is 0 Å². The number of anilines is 1. The second-order valence-electron chi connectivity index (χ2n) is 7.57. The van der Waals surface area contributed by atoms with Crippen molar-refractivity contribution < 1.29 is 9.59 Å². The summed E-state index contributed by atoms with van der Waals surface area (Å²) in [6.07, 6.45) is 0. The second kappa shape index (κ2) is 8.68. The SMILES string of the molecule is Cc1nc(NC(=O)c2c(C)c(-c3ccc(Cl)cc3)nc3ccccc23)sc1C(=O)N(C)C. The number of benzene rings is 2. The van der Waals surface area contributed by atoms with Crippen molar-refractivity contribution in [3.8, 4) is 11.3 Å². The fourth-order valence-corrected chi connectivity index (χ4v) is 4.61. The summed E-state index contributed by atoms with van der Waals surface area (Å²) in [6, 6.07) is 14.9. The smallest absolute Gasteiger partial charge is 0.265 e. The van der Waals surface area contributed by atoms with Crippen LogP contribution in [0, 0.1) is 13.8 Å². The molecule has 0 aliphatic rings. The number of pyridine rings is 1. The minimum absolute atomic E-state index is 0.143. The summed E-state index contributed by atoms with van der Waals surface area (Å²) in [7, 11) is 3.37. The quantitative estimate of drug-likeness (QED) is 0.427. The molecule has 0 bridgehead atoms. The number of para-hydroxylation sites is 1. The Balaban J connectivity index is 1.79. The lowest BCUT2D eigenvalue weighted by molar-refractivity contribution is 0.0831. The van der Waals surface area contributed by atoms with Gasteiger partial charge >= 0.3 is 0 Å². The van der Waals surface area contributed by atoms with E-state index in [2.05, 4.69) is 10.3 Å². The molecule has 0 radical (unpaired) electrons. The molecule has 0 aliphatic carbocycles. The first-order valence-corrected chi connectivity index (χ1v) is 11.1. The van der Waals surface area contributed by atoms with Gasteiger partial charge in [0.15, 0.2) is 5.13 Å². The number of aryl methyl sites for hydroxylation is 1. The van der Waals surface area contributed by atoms with Crippen molar-refractivity contribution in [3.63, 3.8) is 0 Å². The van der Waals surface area contributed by atoms with Gasteiger partial charge in [0, 0.05) is 30.1 Å². The van der Waals surface area contributed by atoms with Crippen LogP contribution in [0.1, 0.15) is 31.3 Å². The summed E-state index contributed by atoms with van der Waals surface area (Å²) in [5.41, 5.74) is 4.16. The molecule has 0 spiro atoms. The van der Waals surface area contributed by atoms with Crippen LogP contribution in [0.2, 0.25) is 5.02 Å². The summed E-state index contributed by atoms with van der Waals surface area (Å²) in [6.45, 7) is 3.64. The molecule has 0 atom stereocenters. The zero-order chi connectivity index (χ0) is 23.0. The Labute approximate surface area is 194 Å². The zero-order valence-corrected chi connectivity index (χ0v) is 19.6. The maximum atomic E-state index is 13.4. The van der Waals surface area contributed by atoms with Gasteiger partial charge in [-0.05, 0) is 37.6 Å². The second-order valence-corrected chi connectivity index (χ2v) is 9.01. The van der Waals surface area contributed by atoms with E-state index in [4.69, 9.17) is 16.6 Å². The molecule has 4 rings (SSSR count). The highest BCUT2D eigenvalue weighted by molar-refractivity contribution is 7.17. The number of nitrogens with zero attached hydrogens (tertiary/aromatic N) is 3. The average molecular weight is 465 g/mol. The first kappa shape index (κ1) is 21.9. The topological polar surface area (TPSA) is 75.2 Å². The fourth-order valence-electron chi connectivity index (χ4n) is 3.50. The highest BCUT2D eigenvalue weighted by Crippen LogP contribution is 2.31. The van der Waals surface area contributed by atoms with E-state index < -0.39 is 0 Å². The molecule has 6 nitrogen and oxygen atoms in total. The van der Waals surface area contributed by atoms with Crippen LogP contribution < -0.4 is 5.32 Å². The van der Waals surface area contributed by atoms with Gasteiger partial charge in [0.1, 0.15) is 4.88 Å². The van der Waals surface area contributed by atoms with Gasteiger partial charge in [-0.3, -0.25) is 14.9 Å². The Morgan fingerprint density at radius 1 is 1.00 bits per heavy atom. The number of hydrogen-bond acceptors (Lipinski definition) is 5. The molecule has 0 aliphatic heterocycles. The van der Waals surface area contributed by atoms with E-state index in [0.717, 1.165) is 16.5 Å². The Morgan fingerprint density at radius 3 is 2.38 bits per heavy atom. The van der Waals surface area contributed by atoms with E-state index in [1.165, 1.54) is 16.2 Å². The first-order valence-electron chi connectivity index (χ1n) is 9.92. The standard InChI is InChI=1S/C24H21ClN4O2S/c1-13-19(22(30)28-24-26-14(2)21(32-24)23(31)29(3)4)17-7-5-6-8-18(17)27-20(13)15-9-11-16(25)12-10-15/h5-12H,1-4H3,(H,26,28,30). The summed E-state index contributed by atoms with van der Waals surface area (Å²) in [5.74, 6) is -0.440. The lowest BCUT2D eigenvalue weighted by Crippen LogP contribution is -2.21. The van der Waals surface area contributed by atoms with Gasteiger partial charge < -0.3 is 4.90 Å². The van der Waals surface area contributed by atoms with Gasteiger partial charge in [-0.1, -0.05) is 53.3 Å². The summed E-state index contributed by atoms with van der Waals surface area (Å²) in [5, 5.41) is 4.64. The molecule has 0 saturated carbocycles. The zero-order valence-electron chi connectivity index (χ0n) is 18.1. The summed E-state index contributed by atoms with van der Waals surface area (Å²) in [4.78, 5) is 37.0. The number of rotatable bonds is 4. The molecule has 2 amide bonds. The van der Waals surface area contributed by atoms with Crippen LogP contribution in [0.5, 0.6) is 0 Å². The lowest BCUT2D eigenvalue weighted by Gasteiger charge is -2.14. The number of amides is 2. The predicted octanol–water partition coefficient (Wildman–Crippen LogP) is 5.58. The molecule has 32 heavy (non-hydrogen) atoms. The first-order chi connectivity index (χ1) is 15.3. The molecule has 2 heterocycles.